The standard InChI is InChI=1S/C18H25N3O2S/c1-2-14-12-21(13-14)9-5-3-4-8-19-18(22)15-11-16(23-20-15)17-7-6-10-24-17/h6-7,10-11,14H,2-5,8-9,12-13H2,1H3,(H,19,22). The molecule has 0 unspecified atom stereocenters. The van der Waals surface area contributed by atoms with Crippen molar-refractivity contribution in [3.8, 4) is 10.6 Å². The zero-order valence-corrected chi connectivity index (χ0v) is 15.0. The van der Waals surface area contributed by atoms with Crippen molar-refractivity contribution in [3.05, 3.63) is 29.3 Å². The van der Waals surface area contributed by atoms with Crippen molar-refractivity contribution >= 4 is 17.2 Å². The van der Waals surface area contributed by atoms with Gasteiger partial charge in [-0.05, 0) is 36.8 Å². The number of aromatic nitrogens is 1. The number of rotatable bonds is 9. The third-order valence-electron chi connectivity index (χ3n) is 4.55. The fourth-order valence-electron chi connectivity index (χ4n) is 2.96. The van der Waals surface area contributed by atoms with E-state index in [2.05, 4.69) is 22.3 Å². The van der Waals surface area contributed by atoms with Crippen molar-refractivity contribution in [2.45, 2.75) is 32.6 Å². The van der Waals surface area contributed by atoms with Gasteiger partial charge in [0.2, 0.25) is 0 Å². The summed E-state index contributed by atoms with van der Waals surface area (Å²) < 4.78 is 5.23. The van der Waals surface area contributed by atoms with Crippen LogP contribution in [-0.4, -0.2) is 42.1 Å². The second kappa shape index (κ2) is 8.44. The van der Waals surface area contributed by atoms with Gasteiger partial charge in [0.1, 0.15) is 0 Å². The van der Waals surface area contributed by atoms with E-state index in [1.807, 2.05) is 17.5 Å². The first kappa shape index (κ1) is 17.2. The van der Waals surface area contributed by atoms with E-state index in [-0.39, 0.29) is 5.91 Å². The Bertz CT molecular complexity index is 632. The van der Waals surface area contributed by atoms with Gasteiger partial charge in [0.25, 0.3) is 5.91 Å². The van der Waals surface area contributed by atoms with Crippen LogP contribution in [0.4, 0.5) is 0 Å². The molecular weight excluding hydrogens is 322 g/mol. The third-order valence-corrected chi connectivity index (χ3v) is 5.44. The van der Waals surface area contributed by atoms with Gasteiger partial charge in [-0.15, -0.1) is 11.3 Å². The molecule has 1 N–H and O–H groups in total. The minimum atomic E-state index is -0.157. The minimum absolute atomic E-state index is 0.157. The Morgan fingerprint density at radius 2 is 2.29 bits per heavy atom. The Morgan fingerprint density at radius 3 is 3.04 bits per heavy atom. The van der Waals surface area contributed by atoms with Crippen LogP contribution in [0.15, 0.2) is 28.1 Å². The molecule has 0 radical (unpaired) electrons. The smallest absolute Gasteiger partial charge is 0.273 e. The van der Waals surface area contributed by atoms with Crippen LogP contribution in [0.5, 0.6) is 0 Å². The maximum atomic E-state index is 12.1. The zero-order valence-electron chi connectivity index (χ0n) is 14.2. The Labute approximate surface area is 147 Å². The van der Waals surface area contributed by atoms with Gasteiger partial charge in [0.05, 0.1) is 4.88 Å². The van der Waals surface area contributed by atoms with Crippen LogP contribution in [0.2, 0.25) is 0 Å². The van der Waals surface area contributed by atoms with Crippen molar-refractivity contribution in [2.24, 2.45) is 5.92 Å². The van der Waals surface area contributed by atoms with E-state index in [1.54, 1.807) is 17.4 Å². The first-order valence-corrected chi connectivity index (χ1v) is 9.65. The summed E-state index contributed by atoms with van der Waals surface area (Å²) in [7, 11) is 0. The summed E-state index contributed by atoms with van der Waals surface area (Å²) >= 11 is 1.57. The molecule has 1 fully saturated rings. The van der Waals surface area contributed by atoms with Gasteiger partial charge in [-0.2, -0.15) is 0 Å². The molecular formula is C18H25N3O2S. The van der Waals surface area contributed by atoms with E-state index in [9.17, 15) is 4.79 Å². The van der Waals surface area contributed by atoms with E-state index in [0.29, 0.717) is 18.0 Å². The van der Waals surface area contributed by atoms with Gasteiger partial charge in [-0.1, -0.05) is 31.0 Å². The number of likely N-dealkylation sites (tertiary alicyclic amines) is 1. The van der Waals surface area contributed by atoms with Gasteiger partial charge < -0.3 is 14.7 Å². The maximum Gasteiger partial charge on any atom is 0.273 e. The lowest BCUT2D eigenvalue weighted by Crippen LogP contribution is -2.46. The molecule has 24 heavy (non-hydrogen) atoms. The lowest BCUT2D eigenvalue weighted by molar-refractivity contribution is 0.0933. The average Bonchev–Trinajstić information content (AvgIpc) is 3.22. The lowest BCUT2D eigenvalue weighted by atomic mass is 9.97. The SMILES string of the molecule is CCC1CN(CCCCCNC(=O)c2cc(-c3cccs3)on2)C1. The first-order valence-electron chi connectivity index (χ1n) is 8.77. The molecule has 130 valence electrons. The number of nitrogens with zero attached hydrogens (tertiary/aromatic N) is 2. The van der Waals surface area contributed by atoms with Gasteiger partial charge in [-0.3, -0.25) is 4.79 Å². The van der Waals surface area contributed by atoms with E-state index in [4.69, 9.17) is 4.52 Å². The van der Waals surface area contributed by atoms with Crippen LogP contribution in [0.25, 0.3) is 10.6 Å². The van der Waals surface area contributed by atoms with Crippen molar-refractivity contribution in [1.29, 1.82) is 0 Å². The molecule has 0 atom stereocenters. The molecule has 2 aromatic heterocycles. The summed E-state index contributed by atoms with van der Waals surface area (Å²) in [6, 6.07) is 5.60. The number of nitrogens with one attached hydrogen (secondary N) is 1. The van der Waals surface area contributed by atoms with Crippen LogP contribution >= 0.6 is 11.3 Å². The number of amides is 1. The molecule has 6 heteroatoms. The monoisotopic (exact) mass is 347 g/mol. The second-order valence-electron chi connectivity index (χ2n) is 6.40. The molecule has 5 nitrogen and oxygen atoms in total. The van der Waals surface area contributed by atoms with E-state index in [1.165, 1.54) is 32.5 Å². The fourth-order valence-corrected chi connectivity index (χ4v) is 3.64. The Hall–Kier alpha value is -1.66. The molecule has 2 aromatic rings. The third kappa shape index (κ3) is 4.45. The van der Waals surface area contributed by atoms with Gasteiger partial charge in [0, 0.05) is 25.7 Å². The molecule has 0 saturated carbocycles. The van der Waals surface area contributed by atoms with Crippen LogP contribution < -0.4 is 5.32 Å². The molecule has 3 rings (SSSR count). The minimum Gasteiger partial charge on any atom is -0.355 e. The van der Waals surface area contributed by atoms with Crippen LogP contribution in [-0.2, 0) is 0 Å². The van der Waals surface area contributed by atoms with E-state index in [0.717, 1.165) is 23.6 Å². The van der Waals surface area contributed by atoms with Crippen molar-refractivity contribution < 1.29 is 9.32 Å². The molecule has 1 saturated heterocycles. The molecule has 0 aromatic carbocycles. The zero-order chi connectivity index (χ0) is 16.8. The van der Waals surface area contributed by atoms with Crippen molar-refractivity contribution in [1.82, 2.24) is 15.4 Å². The summed E-state index contributed by atoms with van der Waals surface area (Å²) in [5, 5.41) is 8.75. The number of carbonyl (C=O) groups is 1. The van der Waals surface area contributed by atoms with E-state index >= 15 is 0 Å². The summed E-state index contributed by atoms with van der Waals surface area (Å²) in [4.78, 5) is 15.6. The molecule has 0 bridgehead atoms. The highest BCUT2D eigenvalue weighted by Crippen LogP contribution is 2.25. The first-order chi connectivity index (χ1) is 11.8. The Balaban J connectivity index is 1.29. The van der Waals surface area contributed by atoms with E-state index < -0.39 is 0 Å². The number of carbonyl (C=O) groups excluding carboxylic acids is 1. The summed E-state index contributed by atoms with van der Waals surface area (Å²) in [5.74, 6) is 1.41. The summed E-state index contributed by atoms with van der Waals surface area (Å²) in [5.41, 5.74) is 0.351. The lowest BCUT2D eigenvalue weighted by Gasteiger charge is -2.38. The van der Waals surface area contributed by atoms with Gasteiger partial charge in [0.15, 0.2) is 11.5 Å². The largest absolute Gasteiger partial charge is 0.355 e. The normalized spacial score (nSPS) is 15.4. The summed E-state index contributed by atoms with van der Waals surface area (Å²) in [6.07, 6.45) is 4.66. The number of thiophene rings is 1. The molecule has 0 aliphatic carbocycles. The Kier molecular flexibility index (Phi) is 6.04. The Morgan fingerprint density at radius 1 is 1.42 bits per heavy atom. The van der Waals surface area contributed by atoms with Crippen LogP contribution in [0.3, 0.4) is 0 Å². The number of hydrogen-bond acceptors (Lipinski definition) is 5. The number of unbranched alkanes of at least 4 members (excludes halogenated alkanes) is 2. The predicted octanol–water partition coefficient (Wildman–Crippen LogP) is 3.65. The average molecular weight is 347 g/mol. The highest BCUT2D eigenvalue weighted by Gasteiger charge is 2.23. The molecule has 1 amide bonds. The second-order valence-corrected chi connectivity index (χ2v) is 7.35. The quantitative estimate of drug-likeness (QED) is 0.704. The summed E-state index contributed by atoms with van der Waals surface area (Å²) in [6.45, 7) is 6.69. The fraction of sp³-hybridized carbons (Fsp3) is 0.556. The highest BCUT2D eigenvalue weighted by atomic mass is 32.1. The van der Waals surface area contributed by atoms with Crippen LogP contribution in [0.1, 0.15) is 43.1 Å². The van der Waals surface area contributed by atoms with Crippen LogP contribution in [0, 0.1) is 5.92 Å². The number of hydrogen-bond donors (Lipinski definition) is 1. The van der Waals surface area contributed by atoms with Gasteiger partial charge >= 0.3 is 0 Å². The topological polar surface area (TPSA) is 58.4 Å². The van der Waals surface area contributed by atoms with Crippen molar-refractivity contribution in [3.63, 3.8) is 0 Å². The predicted molar refractivity (Wildman–Crippen MR) is 96.2 cm³/mol. The van der Waals surface area contributed by atoms with Crippen molar-refractivity contribution in [2.75, 3.05) is 26.2 Å². The molecule has 0 spiro atoms. The maximum absolute atomic E-state index is 12.1. The molecule has 1 aliphatic heterocycles. The highest BCUT2D eigenvalue weighted by molar-refractivity contribution is 7.13. The molecule has 1 aliphatic rings. The molecule has 3 heterocycles. The van der Waals surface area contributed by atoms with Gasteiger partial charge in [-0.25, -0.2) is 0 Å².